The van der Waals surface area contributed by atoms with Gasteiger partial charge in [-0.1, -0.05) is 6.92 Å². The van der Waals surface area contributed by atoms with Crippen LogP contribution in [0.1, 0.15) is 13.3 Å². The number of ether oxygens (including phenoxy) is 1. The lowest BCUT2D eigenvalue weighted by Gasteiger charge is -2.26. The first-order valence-electron chi connectivity index (χ1n) is 4.28. The fourth-order valence-corrected chi connectivity index (χ4v) is 1.04. The van der Waals surface area contributed by atoms with E-state index in [0.717, 1.165) is 13.1 Å². The second-order valence-corrected chi connectivity index (χ2v) is 2.35. The quantitative estimate of drug-likeness (QED) is 0.600. The second-order valence-electron chi connectivity index (χ2n) is 2.35. The first kappa shape index (κ1) is 11.4. The average Bonchev–Trinajstić information content (AvgIpc) is 2.21. The van der Waals surface area contributed by atoms with E-state index in [1.807, 2.05) is 11.8 Å². The molecule has 1 aliphatic heterocycles. The predicted molar refractivity (Wildman–Crippen MR) is 47.8 cm³/mol. The molecule has 2 N–H and O–H groups in total. The van der Waals surface area contributed by atoms with Crippen LogP contribution >= 0.6 is 0 Å². The minimum Gasteiger partial charge on any atom is -0.378 e. The molecule has 1 aliphatic rings. The molecular weight excluding hydrogens is 156 g/mol. The Hall–Kier alpha value is -0.610. The van der Waals surface area contributed by atoms with E-state index in [1.54, 1.807) is 0 Å². The van der Waals surface area contributed by atoms with Crippen molar-refractivity contribution in [3.8, 4) is 0 Å². The van der Waals surface area contributed by atoms with Gasteiger partial charge in [0.05, 0.1) is 13.2 Å². The van der Waals surface area contributed by atoms with E-state index >= 15 is 0 Å². The molecule has 0 unspecified atom stereocenters. The molecule has 4 heteroatoms. The van der Waals surface area contributed by atoms with Crippen LogP contribution in [0, 0.1) is 0 Å². The van der Waals surface area contributed by atoms with E-state index in [4.69, 9.17) is 4.74 Å². The maximum Gasteiger partial charge on any atom is 0.222 e. The molecule has 1 saturated heterocycles. The molecule has 0 saturated carbocycles. The molecule has 0 bridgehead atoms. The molecule has 1 heterocycles. The molecule has 0 aliphatic carbocycles. The van der Waals surface area contributed by atoms with E-state index in [0.29, 0.717) is 19.6 Å². The lowest BCUT2D eigenvalue weighted by atomic mass is 10.3. The number of carbonyl (C=O) groups is 1. The number of nitrogens with zero attached hydrogens (tertiary/aromatic N) is 1. The molecule has 0 atom stereocenters. The molecule has 1 rings (SSSR count). The Morgan fingerprint density at radius 2 is 1.92 bits per heavy atom. The van der Waals surface area contributed by atoms with Crippen LogP contribution < -0.4 is 5.73 Å². The van der Waals surface area contributed by atoms with Gasteiger partial charge in [-0.15, -0.1) is 0 Å². The van der Waals surface area contributed by atoms with Crippen LogP contribution in [0.15, 0.2) is 0 Å². The first-order chi connectivity index (χ1) is 5.84. The zero-order valence-electron chi connectivity index (χ0n) is 7.88. The second kappa shape index (κ2) is 7.06. The fourth-order valence-electron chi connectivity index (χ4n) is 1.04. The van der Waals surface area contributed by atoms with Crippen LogP contribution in [0.3, 0.4) is 0 Å². The summed E-state index contributed by atoms with van der Waals surface area (Å²) in [6.45, 7) is 4.83. The third-order valence-electron chi connectivity index (χ3n) is 1.67. The van der Waals surface area contributed by atoms with Gasteiger partial charge in [-0.05, 0) is 7.05 Å². The van der Waals surface area contributed by atoms with E-state index in [2.05, 4.69) is 5.73 Å². The van der Waals surface area contributed by atoms with Gasteiger partial charge in [0.25, 0.3) is 0 Å². The van der Waals surface area contributed by atoms with Crippen molar-refractivity contribution >= 4 is 5.91 Å². The van der Waals surface area contributed by atoms with Crippen molar-refractivity contribution in [1.82, 2.24) is 4.90 Å². The molecule has 0 aromatic rings. The molecule has 72 valence electrons. The van der Waals surface area contributed by atoms with Gasteiger partial charge in [0.2, 0.25) is 5.91 Å². The van der Waals surface area contributed by atoms with Gasteiger partial charge in [-0.2, -0.15) is 0 Å². The van der Waals surface area contributed by atoms with Crippen LogP contribution in [-0.2, 0) is 9.53 Å². The van der Waals surface area contributed by atoms with Crippen molar-refractivity contribution < 1.29 is 9.53 Å². The van der Waals surface area contributed by atoms with Crippen molar-refractivity contribution in [3.63, 3.8) is 0 Å². The lowest BCUT2D eigenvalue weighted by molar-refractivity contribution is -0.134. The van der Waals surface area contributed by atoms with Crippen molar-refractivity contribution in [2.24, 2.45) is 5.73 Å². The largest absolute Gasteiger partial charge is 0.378 e. The molecule has 12 heavy (non-hydrogen) atoms. The highest BCUT2D eigenvalue weighted by Crippen LogP contribution is 1.98. The lowest BCUT2D eigenvalue weighted by Crippen LogP contribution is -2.40. The average molecular weight is 174 g/mol. The zero-order valence-corrected chi connectivity index (χ0v) is 7.88. The number of hydrogen-bond donors (Lipinski definition) is 1. The maximum atomic E-state index is 11.0. The normalized spacial score (nSPS) is 16.4. The fraction of sp³-hybridized carbons (Fsp3) is 0.875. The zero-order chi connectivity index (χ0) is 9.40. The highest BCUT2D eigenvalue weighted by Gasteiger charge is 2.13. The van der Waals surface area contributed by atoms with Crippen molar-refractivity contribution in [1.29, 1.82) is 0 Å². The van der Waals surface area contributed by atoms with E-state index in [1.165, 1.54) is 7.05 Å². The highest BCUT2D eigenvalue weighted by atomic mass is 16.5. The summed E-state index contributed by atoms with van der Waals surface area (Å²) in [5.74, 6) is 0.239. The Morgan fingerprint density at radius 1 is 1.42 bits per heavy atom. The smallest absolute Gasteiger partial charge is 0.222 e. The third kappa shape index (κ3) is 3.69. The molecule has 0 spiro atoms. The molecule has 1 amide bonds. The topological polar surface area (TPSA) is 55.6 Å². The Bertz CT molecular complexity index is 122. The van der Waals surface area contributed by atoms with Gasteiger partial charge < -0.3 is 15.4 Å². The monoisotopic (exact) mass is 174 g/mol. The molecule has 0 radical (unpaired) electrons. The van der Waals surface area contributed by atoms with Crippen LogP contribution in [0.2, 0.25) is 0 Å². The Labute approximate surface area is 73.7 Å². The van der Waals surface area contributed by atoms with Crippen LogP contribution in [0.25, 0.3) is 0 Å². The number of nitrogens with two attached hydrogens (primary N) is 1. The van der Waals surface area contributed by atoms with E-state index in [9.17, 15) is 4.79 Å². The van der Waals surface area contributed by atoms with Crippen molar-refractivity contribution in [3.05, 3.63) is 0 Å². The summed E-state index contributed by atoms with van der Waals surface area (Å²) in [5.41, 5.74) is 4.50. The molecule has 4 nitrogen and oxygen atoms in total. The standard InChI is InChI=1S/C7H13NO2.CH5N/c1-2-7(9)8-3-5-10-6-4-8;1-2/h2-6H2,1H3;2H2,1H3. The Morgan fingerprint density at radius 3 is 2.33 bits per heavy atom. The van der Waals surface area contributed by atoms with Gasteiger partial charge >= 0.3 is 0 Å². The molecule has 0 aromatic carbocycles. The summed E-state index contributed by atoms with van der Waals surface area (Å²) in [5, 5.41) is 0. The number of rotatable bonds is 1. The van der Waals surface area contributed by atoms with Gasteiger partial charge in [-0.3, -0.25) is 4.79 Å². The first-order valence-corrected chi connectivity index (χ1v) is 4.28. The summed E-state index contributed by atoms with van der Waals surface area (Å²) >= 11 is 0. The van der Waals surface area contributed by atoms with Crippen LogP contribution in [0.4, 0.5) is 0 Å². The summed E-state index contributed by atoms with van der Waals surface area (Å²) in [4.78, 5) is 12.9. The SMILES string of the molecule is CCC(=O)N1CCOCC1.CN. The minimum absolute atomic E-state index is 0.239. The highest BCUT2D eigenvalue weighted by molar-refractivity contribution is 5.75. The molecular formula is C8H18N2O2. The van der Waals surface area contributed by atoms with Crippen LogP contribution in [-0.4, -0.2) is 44.2 Å². The number of carbonyl (C=O) groups excluding carboxylic acids is 1. The third-order valence-corrected chi connectivity index (χ3v) is 1.67. The van der Waals surface area contributed by atoms with Gasteiger partial charge in [0, 0.05) is 19.5 Å². The maximum absolute atomic E-state index is 11.0. The number of morpholine rings is 1. The van der Waals surface area contributed by atoms with Gasteiger partial charge in [-0.25, -0.2) is 0 Å². The number of amides is 1. The van der Waals surface area contributed by atoms with E-state index in [-0.39, 0.29) is 5.91 Å². The minimum atomic E-state index is 0.239. The van der Waals surface area contributed by atoms with Crippen molar-refractivity contribution in [2.45, 2.75) is 13.3 Å². The molecule has 0 aromatic heterocycles. The van der Waals surface area contributed by atoms with E-state index < -0.39 is 0 Å². The van der Waals surface area contributed by atoms with Gasteiger partial charge in [0.15, 0.2) is 0 Å². The Balaban J connectivity index is 0.000000561. The predicted octanol–water partition coefficient (Wildman–Crippen LogP) is -0.170. The molecule has 1 fully saturated rings. The Kier molecular flexibility index (Phi) is 6.70. The summed E-state index contributed by atoms with van der Waals surface area (Å²) in [6.07, 6.45) is 0.611. The number of hydrogen-bond acceptors (Lipinski definition) is 3. The summed E-state index contributed by atoms with van der Waals surface area (Å²) in [6, 6.07) is 0. The van der Waals surface area contributed by atoms with Crippen LogP contribution in [0.5, 0.6) is 0 Å². The summed E-state index contributed by atoms with van der Waals surface area (Å²) < 4.78 is 5.10. The van der Waals surface area contributed by atoms with Gasteiger partial charge in [0.1, 0.15) is 0 Å². The summed E-state index contributed by atoms with van der Waals surface area (Å²) in [7, 11) is 1.50. The van der Waals surface area contributed by atoms with Crippen molar-refractivity contribution in [2.75, 3.05) is 33.4 Å².